The predicted molar refractivity (Wildman–Crippen MR) is 89.9 cm³/mol. The summed E-state index contributed by atoms with van der Waals surface area (Å²) in [4.78, 5) is 1.38. The Labute approximate surface area is 133 Å². The van der Waals surface area contributed by atoms with Gasteiger partial charge < -0.3 is 10.1 Å². The molecule has 0 saturated carbocycles. The molecule has 0 aliphatic rings. The van der Waals surface area contributed by atoms with Gasteiger partial charge in [-0.1, -0.05) is 28.9 Å². The number of aryl methyl sites for hydroxylation is 1. The number of rotatable bonds is 6. The maximum absolute atomic E-state index is 5.28. The summed E-state index contributed by atoms with van der Waals surface area (Å²) in [5.41, 5.74) is 2.59. The Hall–Kier alpha value is -0.840. The van der Waals surface area contributed by atoms with Crippen molar-refractivity contribution in [3.63, 3.8) is 0 Å². The molecule has 2 aromatic rings. The number of nitrogens with one attached hydrogen (secondary N) is 1. The topological polar surface area (TPSA) is 21.3 Å². The number of hydrogen-bond acceptors (Lipinski definition) is 3. The number of hydrogen-bond donors (Lipinski definition) is 1. The average Bonchev–Trinajstić information content (AvgIpc) is 2.87. The summed E-state index contributed by atoms with van der Waals surface area (Å²) >= 11 is 5.48. The Bertz CT molecular complexity index is 567. The van der Waals surface area contributed by atoms with Gasteiger partial charge in [0.1, 0.15) is 5.75 Å². The molecule has 4 heteroatoms. The summed E-state index contributed by atoms with van der Waals surface area (Å²) in [6.07, 6.45) is 1.12. The summed E-state index contributed by atoms with van der Waals surface area (Å²) in [7, 11) is 1.69. The Morgan fingerprint density at radius 3 is 2.70 bits per heavy atom. The number of thiophene rings is 1. The standard InChI is InChI=1S/C16H20BrNOS/c1-4-8-18-15(16-11(2)7-9-20-16)13-6-5-12(19-3)10-14(13)17/h5-7,9-10,15,18H,4,8H2,1-3H3. The summed E-state index contributed by atoms with van der Waals surface area (Å²) in [6.45, 7) is 5.36. The Morgan fingerprint density at radius 1 is 1.35 bits per heavy atom. The quantitative estimate of drug-likeness (QED) is 0.795. The lowest BCUT2D eigenvalue weighted by Gasteiger charge is -2.20. The van der Waals surface area contributed by atoms with E-state index in [2.05, 4.69) is 52.6 Å². The van der Waals surface area contributed by atoms with E-state index in [9.17, 15) is 0 Å². The van der Waals surface area contributed by atoms with Crippen LogP contribution in [0.2, 0.25) is 0 Å². The zero-order chi connectivity index (χ0) is 14.5. The van der Waals surface area contributed by atoms with E-state index >= 15 is 0 Å². The third kappa shape index (κ3) is 3.43. The number of benzene rings is 1. The van der Waals surface area contributed by atoms with Crippen molar-refractivity contribution < 1.29 is 4.74 Å². The molecule has 0 spiro atoms. The SMILES string of the molecule is CCCNC(c1ccc(OC)cc1Br)c1sccc1C. The maximum atomic E-state index is 5.28. The first-order valence-corrected chi connectivity index (χ1v) is 8.45. The van der Waals surface area contributed by atoms with Crippen molar-refractivity contribution in [3.8, 4) is 5.75 Å². The van der Waals surface area contributed by atoms with Crippen molar-refractivity contribution in [1.29, 1.82) is 0 Å². The van der Waals surface area contributed by atoms with Gasteiger partial charge in [0.25, 0.3) is 0 Å². The summed E-state index contributed by atoms with van der Waals surface area (Å²) in [5.74, 6) is 0.873. The molecule has 1 heterocycles. The average molecular weight is 354 g/mol. The van der Waals surface area contributed by atoms with E-state index in [0.29, 0.717) is 0 Å². The molecule has 1 aromatic heterocycles. The van der Waals surface area contributed by atoms with Crippen LogP contribution in [0.25, 0.3) is 0 Å². The maximum Gasteiger partial charge on any atom is 0.120 e. The molecular weight excluding hydrogens is 334 g/mol. The van der Waals surface area contributed by atoms with Crippen LogP contribution in [0.4, 0.5) is 0 Å². The fourth-order valence-electron chi connectivity index (χ4n) is 2.18. The first kappa shape index (κ1) is 15.5. The fourth-order valence-corrected chi connectivity index (χ4v) is 3.79. The zero-order valence-corrected chi connectivity index (χ0v) is 14.5. The second-order valence-corrected chi connectivity index (χ2v) is 6.54. The Morgan fingerprint density at radius 2 is 2.15 bits per heavy atom. The van der Waals surface area contributed by atoms with Crippen molar-refractivity contribution in [2.75, 3.05) is 13.7 Å². The molecule has 20 heavy (non-hydrogen) atoms. The van der Waals surface area contributed by atoms with Crippen molar-refractivity contribution in [2.24, 2.45) is 0 Å². The van der Waals surface area contributed by atoms with Gasteiger partial charge in [-0.25, -0.2) is 0 Å². The lowest BCUT2D eigenvalue weighted by atomic mass is 10.0. The molecule has 1 unspecified atom stereocenters. The highest BCUT2D eigenvalue weighted by Gasteiger charge is 2.19. The molecule has 108 valence electrons. The molecular formula is C16H20BrNOS. The largest absolute Gasteiger partial charge is 0.497 e. The van der Waals surface area contributed by atoms with E-state index in [1.807, 2.05) is 12.1 Å². The second-order valence-electron chi connectivity index (χ2n) is 4.74. The number of methoxy groups -OCH3 is 1. The summed E-state index contributed by atoms with van der Waals surface area (Å²) in [5, 5.41) is 5.80. The van der Waals surface area contributed by atoms with Crippen LogP contribution in [0.1, 0.15) is 35.4 Å². The molecule has 0 bridgehead atoms. The van der Waals surface area contributed by atoms with Crippen molar-refractivity contribution in [3.05, 3.63) is 50.1 Å². The van der Waals surface area contributed by atoms with Gasteiger partial charge in [-0.05, 0) is 54.6 Å². The Balaban J connectivity index is 2.38. The van der Waals surface area contributed by atoms with Gasteiger partial charge in [-0.15, -0.1) is 11.3 Å². The van der Waals surface area contributed by atoms with E-state index in [4.69, 9.17) is 4.74 Å². The monoisotopic (exact) mass is 353 g/mol. The van der Waals surface area contributed by atoms with E-state index in [1.54, 1.807) is 18.4 Å². The fraction of sp³-hybridized carbons (Fsp3) is 0.375. The van der Waals surface area contributed by atoms with Crippen LogP contribution in [-0.4, -0.2) is 13.7 Å². The van der Waals surface area contributed by atoms with E-state index in [1.165, 1.54) is 16.0 Å². The zero-order valence-electron chi connectivity index (χ0n) is 12.1. The van der Waals surface area contributed by atoms with Crippen LogP contribution in [-0.2, 0) is 0 Å². The minimum absolute atomic E-state index is 0.232. The van der Waals surface area contributed by atoms with Crippen LogP contribution in [0.15, 0.2) is 34.1 Å². The molecule has 1 atom stereocenters. The van der Waals surface area contributed by atoms with E-state index in [0.717, 1.165) is 23.2 Å². The van der Waals surface area contributed by atoms with Gasteiger partial charge in [0, 0.05) is 9.35 Å². The van der Waals surface area contributed by atoms with E-state index < -0.39 is 0 Å². The minimum Gasteiger partial charge on any atom is -0.497 e. The van der Waals surface area contributed by atoms with Gasteiger partial charge in [0.05, 0.1) is 13.2 Å². The first-order valence-electron chi connectivity index (χ1n) is 6.78. The highest BCUT2D eigenvalue weighted by Crippen LogP contribution is 2.35. The van der Waals surface area contributed by atoms with Crippen LogP contribution in [0.3, 0.4) is 0 Å². The van der Waals surface area contributed by atoms with Gasteiger partial charge in [-0.3, -0.25) is 0 Å². The molecule has 2 rings (SSSR count). The van der Waals surface area contributed by atoms with Gasteiger partial charge in [0.15, 0.2) is 0 Å². The lowest BCUT2D eigenvalue weighted by Crippen LogP contribution is -2.23. The van der Waals surface area contributed by atoms with Crippen LogP contribution in [0, 0.1) is 6.92 Å². The van der Waals surface area contributed by atoms with Crippen LogP contribution >= 0.6 is 27.3 Å². The lowest BCUT2D eigenvalue weighted by molar-refractivity contribution is 0.414. The Kier molecular flexibility index (Phi) is 5.64. The molecule has 0 radical (unpaired) electrons. The van der Waals surface area contributed by atoms with Crippen LogP contribution in [0.5, 0.6) is 5.75 Å². The molecule has 0 amide bonds. The molecule has 0 saturated heterocycles. The molecule has 1 N–H and O–H groups in total. The normalized spacial score (nSPS) is 12.4. The van der Waals surface area contributed by atoms with Crippen molar-refractivity contribution in [1.82, 2.24) is 5.32 Å². The van der Waals surface area contributed by atoms with Crippen molar-refractivity contribution >= 4 is 27.3 Å². The highest BCUT2D eigenvalue weighted by atomic mass is 79.9. The molecule has 0 aliphatic carbocycles. The molecule has 0 fully saturated rings. The minimum atomic E-state index is 0.232. The number of ether oxygens (including phenoxy) is 1. The first-order chi connectivity index (χ1) is 9.67. The molecule has 0 aliphatic heterocycles. The predicted octanol–water partition coefficient (Wildman–Crippen LogP) is 4.92. The van der Waals surface area contributed by atoms with Crippen LogP contribution < -0.4 is 10.1 Å². The smallest absolute Gasteiger partial charge is 0.120 e. The molecule has 2 nitrogen and oxygen atoms in total. The number of halogens is 1. The van der Waals surface area contributed by atoms with Crippen molar-refractivity contribution in [2.45, 2.75) is 26.3 Å². The van der Waals surface area contributed by atoms with E-state index in [-0.39, 0.29) is 6.04 Å². The molecule has 1 aromatic carbocycles. The van der Waals surface area contributed by atoms with Gasteiger partial charge >= 0.3 is 0 Å². The highest BCUT2D eigenvalue weighted by molar-refractivity contribution is 9.10. The van der Waals surface area contributed by atoms with Gasteiger partial charge in [0.2, 0.25) is 0 Å². The second kappa shape index (κ2) is 7.25. The third-order valence-electron chi connectivity index (χ3n) is 3.28. The summed E-state index contributed by atoms with van der Waals surface area (Å²) < 4.78 is 6.36. The summed E-state index contributed by atoms with van der Waals surface area (Å²) in [6, 6.07) is 8.59. The third-order valence-corrected chi connectivity index (χ3v) is 5.05. The van der Waals surface area contributed by atoms with Gasteiger partial charge in [-0.2, -0.15) is 0 Å².